The van der Waals surface area contributed by atoms with Gasteiger partial charge in [0, 0.05) is 24.8 Å². The molecule has 150 valence electrons. The number of aromatic amines is 1. The molecular formula is C20H24N2O6. The largest absolute Gasteiger partial charge is 0.390 e. The van der Waals surface area contributed by atoms with Crippen LogP contribution in [0.25, 0.3) is 0 Å². The van der Waals surface area contributed by atoms with Crippen molar-refractivity contribution in [3.8, 4) is 0 Å². The van der Waals surface area contributed by atoms with Crippen molar-refractivity contribution < 1.29 is 19.3 Å². The number of aryl methyl sites for hydroxylation is 1. The first-order valence-corrected chi connectivity index (χ1v) is 9.45. The summed E-state index contributed by atoms with van der Waals surface area (Å²) < 4.78 is 19.4. The van der Waals surface area contributed by atoms with Gasteiger partial charge in [-0.15, -0.1) is 0 Å². The average molecular weight is 388 g/mol. The first-order valence-electron chi connectivity index (χ1n) is 9.45. The molecule has 2 N–H and O–H groups in total. The molecule has 5 atom stereocenters. The van der Waals surface area contributed by atoms with Gasteiger partial charge in [0.1, 0.15) is 18.4 Å². The maximum atomic E-state index is 12.3. The summed E-state index contributed by atoms with van der Waals surface area (Å²) in [6.45, 7) is 2.45. The molecule has 1 aromatic carbocycles. The molecule has 2 saturated heterocycles. The Kier molecular flexibility index (Phi) is 5.45. The topological polar surface area (TPSA) is 103 Å². The van der Waals surface area contributed by atoms with E-state index < -0.39 is 35.8 Å². The van der Waals surface area contributed by atoms with Crippen molar-refractivity contribution in [3.63, 3.8) is 0 Å². The Morgan fingerprint density at radius 2 is 2.04 bits per heavy atom. The Morgan fingerprint density at radius 3 is 2.82 bits per heavy atom. The number of benzene rings is 1. The Morgan fingerprint density at radius 1 is 1.25 bits per heavy atom. The summed E-state index contributed by atoms with van der Waals surface area (Å²) in [6.07, 6.45) is -0.444. The lowest BCUT2D eigenvalue weighted by Crippen LogP contribution is -2.57. The highest BCUT2D eigenvalue weighted by atomic mass is 16.6. The second-order valence-corrected chi connectivity index (χ2v) is 7.30. The number of hydrogen-bond donors (Lipinski definition) is 2. The SMILES string of the molecule is Cc1cn([C@H]2C[C@H](OCc3ccccc3)[C@@H]3OCC[C@@H](O)[C@H]3O2)c(=O)[nH]c1=O. The predicted octanol–water partition coefficient (Wildman–Crippen LogP) is 0.868. The molecule has 0 spiro atoms. The minimum Gasteiger partial charge on any atom is -0.390 e. The molecule has 2 fully saturated rings. The number of aromatic nitrogens is 2. The summed E-state index contributed by atoms with van der Waals surface area (Å²) >= 11 is 0. The van der Waals surface area contributed by atoms with Gasteiger partial charge in [-0.3, -0.25) is 14.3 Å². The fraction of sp³-hybridized carbons (Fsp3) is 0.500. The van der Waals surface area contributed by atoms with Crippen LogP contribution in [0, 0.1) is 6.92 Å². The zero-order valence-electron chi connectivity index (χ0n) is 15.6. The van der Waals surface area contributed by atoms with Crippen LogP contribution in [0.5, 0.6) is 0 Å². The second kappa shape index (κ2) is 8.00. The zero-order valence-corrected chi connectivity index (χ0v) is 15.6. The van der Waals surface area contributed by atoms with Crippen molar-refractivity contribution in [1.29, 1.82) is 0 Å². The lowest BCUT2D eigenvalue weighted by molar-refractivity contribution is -0.264. The number of rotatable bonds is 4. The van der Waals surface area contributed by atoms with Gasteiger partial charge in [-0.2, -0.15) is 0 Å². The molecule has 3 heterocycles. The fourth-order valence-electron chi connectivity index (χ4n) is 3.78. The maximum absolute atomic E-state index is 12.3. The van der Waals surface area contributed by atoms with Gasteiger partial charge >= 0.3 is 5.69 Å². The van der Waals surface area contributed by atoms with E-state index in [0.29, 0.717) is 31.6 Å². The van der Waals surface area contributed by atoms with E-state index in [2.05, 4.69) is 4.98 Å². The first kappa shape index (κ1) is 19.1. The number of aliphatic hydroxyl groups excluding tert-OH is 1. The lowest BCUT2D eigenvalue weighted by atomic mass is 9.92. The van der Waals surface area contributed by atoms with Gasteiger partial charge in [0.05, 0.1) is 18.8 Å². The highest BCUT2D eigenvalue weighted by molar-refractivity contribution is 5.13. The van der Waals surface area contributed by atoms with Gasteiger partial charge in [-0.1, -0.05) is 30.3 Å². The molecule has 2 aliphatic heterocycles. The summed E-state index contributed by atoms with van der Waals surface area (Å²) in [6, 6.07) is 9.77. The molecule has 0 unspecified atom stereocenters. The van der Waals surface area contributed by atoms with Crippen LogP contribution in [0.1, 0.15) is 30.2 Å². The number of fused-ring (bicyclic) bond motifs is 1. The van der Waals surface area contributed by atoms with E-state index in [4.69, 9.17) is 14.2 Å². The van der Waals surface area contributed by atoms with Crippen LogP contribution >= 0.6 is 0 Å². The Bertz CT molecular complexity index is 924. The molecule has 4 rings (SSSR count). The average Bonchev–Trinajstić information content (AvgIpc) is 2.70. The molecule has 0 bridgehead atoms. The summed E-state index contributed by atoms with van der Waals surface area (Å²) in [7, 11) is 0. The van der Waals surface area contributed by atoms with Gasteiger partial charge in [-0.05, 0) is 18.9 Å². The zero-order chi connectivity index (χ0) is 19.7. The highest BCUT2D eigenvalue weighted by Crippen LogP contribution is 2.35. The summed E-state index contributed by atoms with van der Waals surface area (Å²) in [5.41, 5.74) is 0.461. The second-order valence-electron chi connectivity index (χ2n) is 7.30. The van der Waals surface area contributed by atoms with Crippen molar-refractivity contribution in [3.05, 3.63) is 68.5 Å². The number of H-pyrrole nitrogens is 1. The lowest BCUT2D eigenvalue weighted by Gasteiger charge is -2.46. The Labute approximate surface area is 161 Å². The van der Waals surface area contributed by atoms with Crippen molar-refractivity contribution in [2.45, 2.75) is 57.0 Å². The molecular weight excluding hydrogens is 364 g/mol. The van der Waals surface area contributed by atoms with E-state index in [1.165, 1.54) is 10.8 Å². The van der Waals surface area contributed by atoms with Crippen LogP contribution in [0.3, 0.4) is 0 Å². The van der Waals surface area contributed by atoms with Gasteiger partial charge < -0.3 is 19.3 Å². The summed E-state index contributed by atoms with van der Waals surface area (Å²) in [5.74, 6) is 0. The smallest absolute Gasteiger partial charge is 0.330 e. The maximum Gasteiger partial charge on any atom is 0.330 e. The van der Waals surface area contributed by atoms with E-state index >= 15 is 0 Å². The van der Waals surface area contributed by atoms with Gasteiger partial charge in [-0.25, -0.2) is 4.79 Å². The normalized spacial score (nSPS) is 30.0. The number of ether oxygens (including phenoxy) is 3. The molecule has 1 aromatic heterocycles. The first-order chi connectivity index (χ1) is 13.5. The third-order valence-electron chi connectivity index (χ3n) is 5.30. The minimum absolute atomic E-state index is 0.363. The number of nitrogens with zero attached hydrogens (tertiary/aromatic N) is 1. The molecule has 0 radical (unpaired) electrons. The van der Waals surface area contributed by atoms with Crippen LogP contribution in [0.15, 0.2) is 46.1 Å². The third-order valence-corrected chi connectivity index (χ3v) is 5.30. The minimum atomic E-state index is -0.705. The predicted molar refractivity (Wildman–Crippen MR) is 100.0 cm³/mol. The molecule has 28 heavy (non-hydrogen) atoms. The quantitative estimate of drug-likeness (QED) is 0.806. The van der Waals surface area contributed by atoms with E-state index in [9.17, 15) is 14.7 Å². The van der Waals surface area contributed by atoms with E-state index in [1.54, 1.807) is 6.92 Å². The number of hydrogen-bond acceptors (Lipinski definition) is 6. The van der Waals surface area contributed by atoms with Crippen molar-refractivity contribution in [2.24, 2.45) is 0 Å². The van der Waals surface area contributed by atoms with Gasteiger partial charge in [0.2, 0.25) is 0 Å². The molecule has 2 aromatic rings. The molecule has 0 aliphatic carbocycles. The van der Waals surface area contributed by atoms with Crippen molar-refractivity contribution >= 4 is 0 Å². The fourth-order valence-corrected chi connectivity index (χ4v) is 3.78. The Hall–Kier alpha value is -2.26. The summed E-state index contributed by atoms with van der Waals surface area (Å²) in [4.78, 5) is 26.3. The summed E-state index contributed by atoms with van der Waals surface area (Å²) in [5, 5.41) is 10.4. The molecule has 0 amide bonds. The van der Waals surface area contributed by atoms with E-state index in [1.807, 2.05) is 30.3 Å². The van der Waals surface area contributed by atoms with Crippen LogP contribution < -0.4 is 11.2 Å². The molecule has 8 nitrogen and oxygen atoms in total. The number of aliphatic hydroxyl groups is 1. The van der Waals surface area contributed by atoms with Crippen LogP contribution in [0.4, 0.5) is 0 Å². The molecule has 8 heteroatoms. The highest BCUT2D eigenvalue weighted by Gasteiger charge is 2.46. The van der Waals surface area contributed by atoms with E-state index in [-0.39, 0.29) is 6.10 Å². The molecule has 2 aliphatic rings. The van der Waals surface area contributed by atoms with Crippen molar-refractivity contribution in [1.82, 2.24) is 9.55 Å². The van der Waals surface area contributed by atoms with Crippen LogP contribution in [-0.4, -0.2) is 45.7 Å². The standard InChI is InChI=1S/C20H24N2O6/c1-12-10-22(20(25)21-19(12)24)16-9-15(27-11-13-5-3-2-4-6-13)18-17(28-16)14(23)7-8-26-18/h2-6,10,14-18,23H,7-9,11H2,1H3,(H,21,24,25)/t14-,15+,16-,17-,18+/m1/s1. The Balaban J connectivity index is 1.60. The van der Waals surface area contributed by atoms with Crippen LogP contribution in [0.2, 0.25) is 0 Å². The number of nitrogens with one attached hydrogen (secondary N) is 1. The monoisotopic (exact) mass is 388 g/mol. The van der Waals surface area contributed by atoms with E-state index in [0.717, 1.165) is 5.56 Å². The van der Waals surface area contributed by atoms with Gasteiger partial charge in [0.25, 0.3) is 5.56 Å². The molecule has 0 saturated carbocycles. The van der Waals surface area contributed by atoms with Crippen LogP contribution in [-0.2, 0) is 20.8 Å². The third kappa shape index (κ3) is 3.81. The van der Waals surface area contributed by atoms with Crippen molar-refractivity contribution in [2.75, 3.05) is 6.61 Å². The van der Waals surface area contributed by atoms with Gasteiger partial charge in [0.15, 0.2) is 0 Å².